The van der Waals surface area contributed by atoms with Crippen LogP contribution in [0.3, 0.4) is 0 Å². The van der Waals surface area contributed by atoms with E-state index >= 15 is 0 Å². The Morgan fingerprint density at radius 2 is 1.48 bits per heavy atom. The smallest absolute Gasteiger partial charge is 0.246 e. The fraction of sp³-hybridized carbons (Fsp3) is 0.364. The fourth-order valence-corrected chi connectivity index (χ4v) is 3.13. The number of amides is 2. The average molecular weight is 396 g/mol. The standard InChI is InChI=1S/C22H28N4O3/c1-16(22(28)25-21-9-7-20(8-10-21)24-17(2)27)23-19-5-3-18(4-6-19)15-26-11-13-29-14-12-26/h3-10,16,23H,11-15H2,1-2H3,(H,24,27)(H,25,28). The van der Waals surface area contributed by atoms with E-state index in [2.05, 4.69) is 33.0 Å². The molecule has 154 valence electrons. The van der Waals surface area contributed by atoms with Crippen molar-refractivity contribution < 1.29 is 14.3 Å². The van der Waals surface area contributed by atoms with Crippen molar-refractivity contribution in [1.29, 1.82) is 0 Å². The third-order valence-corrected chi connectivity index (χ3v) is 4.71. The number of morpholine rings is 1. The molecule has 0 aliphatic carbocycles. The lowest BCUT2D eigenvalue weighted by molar-refractivity contribution is -0.116. The molecule has 1 saturated heterocycles. The van der Waals surface area contributed by atoms with Gasteiger partial charge in [0.2, 0.25) is 11.8 Å². The van der Waals surface area contributed by atoms with E-state index in [4.69, 9.17) is 4.74 Å². The summed E-state index contributed by atoms with van der Waals surface area (Å²) < 4.78 is 5.38. The first kappa shape index (κ1) is 20.8. The Morgan fingerprint density at radius 1 is 0.931 bits per heavy atom. The van der Waals surface area contributed by atoms with Gasteiger partial charge in [-0.15, -0.1) is 0 Å². The third-order valence-electron chi connectivity index (χ3n) is 4.71. The van der Waals surface area contributed by atoms with Gasteiger partial charge >= 0.3 is 0 Å². The van der Waals surface area contributed by atoms with Crippen LogP contribution in [-0.4, -0.2) is 49.1 Å². The zero-order valence-corrected chi connectivity index (χ0v) is 16.9. The summed E-state index contributed by atoms with van der Waals surface area (Å²) in [6.07, 6.45) is 0. The zero-order chi connectivity index (χ0) is 20.6. The third kappa shape index (κ3) is 6.58. The summed E-state index contributed by atoms with van der Waals surface area (Å²) in [5, 5.41) is 8.80. The molecule has 2 amide bonds. The Kier molecular flexibility index (Phi) is 7.21. The van der Waals surface area contributed by atoms with E-state index in [-0.39, 0.29) is 11.8 Å². The van der Waals surface area contributed by atoms with Gasteiger partial charge in [-0.3, -0.25) is 14.5 Å². The van der Waals surface area contributed by atoms with Gasteiger partial charge in [-0.1, -0.05) is 12.1 Å². The number of hydrogen-bond acceptors (Lipinski definition) is 5. The number of nitrogens with zero attached hydrogens (tertiary/aromatic N) is 1. The Balaban J connectivity index is 1.49. The van der Waals surface area contributed by atoms with E-state index in [1.807, 2.05) is 19.1 Å². The number of carbonyl (C=O) groups excluding carboxylic acids is 2. The van der Waals surface area contributed by atoms with Crippen LogP contribution in [0.15, 0.2) is 48.5 Å². The summed E-state index contributed by atoms with van der Waals surface area (Å²) in [4.78, 5) is 25.9. The Morgan fingerprint density at radius 3 is 2.07 bits per heavy atom. The van der Waals surface area contributed by atoms with Crippen molar-refractivity contribution >= 4 is 28.9 Å². The van der Waals surface area contributed by atoms with E-state index in [1.54, 1.807) is 24.3 Å². The van der Waals surface area contributed by atoms with Gasteiger partial charge in [-0.25, -0.2) is 0 Å². The van der Waals surface area contributed by atoms with Gasteiger partial charge in [0, 0.05) is 43.6 Å². The minimum atomic E-state index is -0.393. The van der Waals surface area contributed by atoms with Gasteiger partial charge in [0.1, 0.15) is 6.04 Å². The maximum Gasteiger partial charge on any atom is 0.246 e. The van der Waals surface area contributed by atoms with E-state index in [1.165, 1.54) is 12.5 Å². The summed E-state index contributed by atoms with van der Waals surface area (Å²) in [5.41, 5.74) is 3.52. The molecule has 0 aromatic heterocycles. The Bertz CT molecular complexity index is 815. The molecular weight excluding hydrogens is 368 g/mol. The highest BCUT2D eigenvalue weighted by atomic mass is 16.5. The molecule has 1 aliphatic heterocycles. The molecule has 2 aromatic carbocycles. The quantitative estimate of drug-likeness (QED) is 0.670. The van der Waals surface area contributed by atoms with E-state index < -0.39 is 6.04 Å². The molecule has 1 fully saturated rings. The topological polar surface area (TPSA) is 82.7 Å². The van der Waals surface area contributed by atoms with Gasteiger partial charge in [0.15, 0.2) is 0 Å². The normalized spacial score (nSPS) is 15.4. The number of ether oxygens (including phenoxy) is 1. The van der Waals surface area contributed by atoms with Crippen molar-refractivity contribution in [2.75, 3.05) is 42.3 Å². The first-order chi connectivity index (χ1) is 14.0. The molecule has 3 N–H and O–H groups in total. The van der Waals surface area contributed by atoms with Gasteiger partial charge < -0.3 is 20.7 Å². The highest BCUT2D eigenvalue weighted by Gasteiger charge is 2.14. The molecule has 1 aliphatic rings. The van der Waals surface area contributed by atoms with Gasteiger partial charge in [-0.05, 0) is 48.9 Å². The largest absolute Gasteiger partial charge is 0.379 e. The monoisotopic (exact) mass is 396 g/mol. The van der Waals surface area contributed by atoms with Crippen molar-refractivity contribution in [2.24, 2.45) is 0 Å². The van der Waals surface area contributed by atoms with Gasteiger partial charge in [0.05, 0.1) is 13.2 Å². The molecule has 0 bridgehead atoms. The number of carbonyl (C=O) groups is 2. The fourth-order valence-electron chi connectivity index (χ4n) is 3.13. The number of nitrogens with one attached hydrogen (secondary N) is 3. The lowest BCUT2D eigenvalue weighted by Crippen LogP contribution is -2.35. The summed E-state index contributed by atoms with van der Waals surface area (Å²) in [5.74, 6) is -0.259. The maximum atomic E-state index is 12.4. The Labute approximate surface area is 171 Å². The SMILES string of the molecule is CC(=O)Nc1ccc(NC(=O)C(C)Nc2ccc(CN3CCOCC3)cc2)cc1. The van der Waals surface area contributed by atoms with Crippen LogP contribution < -0.4 is 16.0 Å². The van der Waals surface area contributed by atoms with Crippen LogP contribution in [-0.2, 0) is 20.9 Å². The molecule has 7 heteroatoms. The molecule has 29 heavy (non-hydrogen) atoms. The molecule has 7 nitrogen and oxygen atoms in total. The molecular formula is C22H28N4O3. The maximum absolute atomic E-state index is 12.4. The minimum absolute atomic E-state index is 0.129. The minimum Gasteiger partial charge on any atom is -0.379 e. The van der Waals surface area contributed by atoms with Crippen LogP contribution in [0.4, 0.5) is 17.1 Å². The molecule has 1 atom stereocenters. The van der Waals surface area contributed by atoms with E-state index in [9.17, 15) is 9.59 Å². The summed E-state index contributed by atoms with van der Waals surface area (Å²) in [6, 6.07) is 14.8. The first-order valence-corrected chi connectivity index (χ1v) is 9.84. The average Bonchev–Trinajstić information content (AvgIpc) is 2.71. The molecule has 3 rings (SSSR count). The zero-order valence-electron chi connectivity index (χ0n) is 16.9. The van der Waals surface area contributed by atoms with E-state index in [0.29, 0.717) is 11.4 Å². The summed E-state index contributed by atoms with van der Waals surface area (Å²) >= 11 is 0. The molecule has 0 radical (unpaired) electrons. The molecule has 0 saturated carbocycles. The van der Waals surface area contributed by atoms with Crippen molar-refractivity contribution in [1.82, 2.24) is 4.90 Å². The molecule has 1 unspecified atom stereocenters. The second-order valence-electron chi connectivity index (χ2n) is 7.20. The van der Waals surface area contributed by atoms with Gasteiger partial charge in [0.25, 0.3) is 0 Å². The summed E-state index contributed by atoms with van der Waals surface area (Å²) in [7, 11) is 0. The van der Waals surface area contributed by atoms with Crippen LogP contribution in [0.2, 0.25) is 0 Å². The van der Waals surface area contributed by atoms with Crippen LogP contribution in [0.5, 0.6) is 0 Å². The van der Waals surface area contributed by atoms with Crippen molar-refractivity contribution in [2.45, 2.75) is 26.4 Å². The van der Waals surface area contributed by atoms with Crippen molar-refractivity contribution in [3.63, 3.8) is 0 Å². The lowest BCUT2D eigenvalue weighted by atomic mass is 10.1. The van der Waals surface area contributed by atoms with Crippen LogP contribution in [0.25, 0.3) is 0 Å². The predicted octanol–water partition coefficient (Wildman–Crippen LogP) is 2.92. The predicted molar refractivity (Wildman–Crippen MR) is 115 cm³/mol. The van der Waals surface area contributed by atoms with Crippen molar-refractivity contribution in [3.05, 3.63) is 54.1 Å². The molecule has 0 spiro atoms. The highest BCUT2D eigenvalue weighted by molar-refractivity contribution is 5.96. The van der Waals surface area contributed by atoms with Crippen LogP contribution >= 0.6 is 0 Å². The number of hydrogen-bond donors (Lipinski definition) is 3. The molecule has 1 heterocycles. The Hall–Kier alpha value is -2.90. The van der Waals surface area contributed by atoms with Crippen LogP contribution in [0, 0.1) is 0 Å². The van der Waals surface area contributed by atoms with Crippen LogP contribution in [0.1, 0.15) is 19.4 Å². The summed E-state index contributed by atoms with van der Waals surface area (Å²) in [6.45, 7) is 7.70. The first-order valence-electron chi connectivity index (χ1n) is 9.84. The van der Waals surface area contributed by atoms with Gasteiger partial charge in [-0.2, -0.15) is 0 Å². The second-order valence-corrected chi connectivity index (χ2v) is 7.20. The number of benzene rings is 2. The number of anilines is 3. The second kappa shape index (κ2) is 10.0. The van der Waals surface area contributed by atoms with Crippen molar-refractivity contribution in [3.8, 4) is 0 Å². The lowest BCUT2D eigenvalue weighted by Gasteiger charge is -2.26. The number of rotatable bonds is 7. The van der Waals surface area contributed by atoms with E-state index in [0.717, 1.165) is 38.5 Å². The highest BCUT2D eigenvalue weighted by Crippen LogP contribution is 2.16. The molecule has 2 aromatic rings.